The lowest BCUT2D eigenvalue weighted by atomic mass is 9.93. The number of nitrogens with zero attached hydrogens (tertiary/aromatic N) is 1. The van der Waals surface area contributed by atoms with Crippen LogP contribution in [0.15, 0.2) is 0 Å². The molecule has 0 aliphatic carbocycles. The summed E-state index contributed by atoms with van der Waals surface area (Å²) < 4.78 is 0. The molecular weight excluding hydrogens is 132 g/mol. The number of carbonyl (C=O) groups is 1. The highest BCUT2D eigenvalue weighted by atomic mass is 16.4. The van der Waals surface area contributed by atoms with Crippen LogP contribution in [0.2, 0.25) is 0 Å². The second kappa shape index (κ2) is 1.85. The Morgan fingerprint density at radius 3 is 3.00 bits per heavy atom. The van der Waals surface area contributed by atoms with Crippen molar-refractivity contribution in [2.24, 2.45) is 5.92 Å². The van der Waals surface area contributed by atoms with E-state index in [-0.39, 0.29) is 6.04 Å². The zero-order valence-electron chi connectivity index (χ0n) is 5.58. The molecule has 2 N–H and O–H groups in total. The van der Waals surface area contributed by atoms with Gasteiger partial charge in [-0.3, -0.25) is 0 Å². The molecule has 1 amide bonds. The van der Waals surface area contributed by atoms with Crippen molar-refractivity contribution in [3.8, 4) is 0 Å². The van der Waals surface area contributed by atoms with Crippen LogP contribution in [-0.4, -0.2) is 41.8 Å². The van der Waals surface area contributed by atoms with E-state index < -0.39 is 6.09 Å². The van der Waals surface area contributed by atoms with Crippen LogP contribution < -0.4 is 5.32 Å². The van der Waals surface area contributed by atoms with Crippen LogP contribution in [0, 0.1) is 5.92 Å². The highest BCUT2D eigenvalue weighted by Crippen LogP contribution is 2.27. The van der Waals surface area contributed by atoms with Crippen molar-refractivity contribution in [3.63, 3.8) is 0 Å². The number of rotatable bonds is 0. The fourth-order valence-electron chi connectivity index (χ4n) is 1.74. The fourth-order valence-corrected chi connectivity index (χ4v) is 1.74. The van der Waals surface area contributed by atoms with Gasteiger partial charge >= 0.3 is 6.09 Å². The molecule has 4 nitrogen and oxygen atoms in total. The average molecular weight is 142 g/mol. The summed E-state index contributed by atoms with van der Waals surface area (Å²) in [5.74, 6) is 0.594. The average Bonchev–Trinajstić information content (AvgIpc) is 2.11. The lowest BCUT2D eigenvalue weighted by Crippen LogP contribution is -2.57. The van der Waals surface area contributed by atoms with Gasteiger partial charge in [0.05, 0.1) is 6.04 Å². The van der Waals surface area contributed by atoms with Crippen molar-refractivity contribution in [1.29, 1.82) is 0 Å². The van der Waals surface area contributed by atoms with Crippen LogP contribution in [0.3, 0.4) is 0 Å². The fraction of sp³-hybridized carbons (Fsp3) is 0.833. The lowest BCUT2D eigenvalue weighted by molar-refractivity contribution is 0.0507. The van der Waals surface area contributed by atoms with Crippen LogP contribution >= 0.6 is 0 Å². The molecule has 2 fully saturated rings. The van der Waals surface area contributed by atoms with Crippen LogP contribution in [0.4, 0.5) is 4.79 Å². The molecule has 2 aliphatic heterocycles. The summed E-state index contributed by atoms with van der Waals surface area (Å²) in [7, 11) is 0. The third-order valence-corrected chi connectivity index (χ3v) is 2.38. The summed E-state index contributed by atoms with van der Waals surface area (Å²) in [5.41, 5.74) is 0. The maximum absolute atomic E-state index is 10.4. The van der Waals surface area contributed by atoms with Gasteiger partial charge in [-0.2, -0.15) is 0 Å². The number of amides is 1. The Kier molecular flexibility index (Phi) is 1.11. The maximum atomic E-state index is 10.4. The highest BCUT2D eigenvalue weighted by molar-refractivity contribution is 5.67. The predicted octanol–water partition coefficient (Wildman–Crippen LogP) is -0.432. The minimum Gasteiger partial charge on any atom is -0.465 e. The van der Waals surface area contributed by atoms with Gasteiger partial charge in [0.1, 0.15) is 0 Å². The Labute approximate surface area is 58.8 Å². The van der Waals surface area contributed by atoms with Crippen LogP contribution in [0.25, 0.3) is 0 Å². The topological polar surface area (TPSA) is 52.6 Å². The summed E-state index contributed by atoms with van der Waals surface area (Å²) in [6, 6.07) is 0.275. The molecule has 2 saturated heterocycles. The largest absolute Gasteiger partial charge is 0.465 e. The molecule has 4 heteroatoms. The van der Waals surface area contributed by atoms with Crippen LogP contribution in [-0.2, 0) is 0 Å². The highest BCUT2D eigenvalue weighted by Gasteiger charge is 2.44. The van der Waals surface area contributed by atoms with E-state index in [9.17, 15) is 4.79 Å². The van der Waals surface area contributed by atoms with E-state index in [1.165, 1.54) is 4.90 Å². The van der Waals surface area contributed by atoms with Crippen molar-refractivity contribution < 1.29 is 9.90 Å². The summed E-state index contributed by atoms with van der Waals surface area (Å²) in [4.78, 5) is 11.9. The molecule has 0 radical (unpaired) electrons. The lowest BCUT2D eigenvalue weighted by Gasteiger charge is -2.41. The first-order valence-electron chi connectivity index (χ1n) is 3.49. The predicted molar refractivity (Wildman–Crippen MR) is 34.9 cm³/mol. The number of hydrogen-bond donors (Lipinski definition) is 2. The molecule has 2 atom stereocenters. The molecule has 0 unspecified atom stereocenters. The third kappa shape index (κ3) is 0.623. The molecule has 2 rings (SSSR count). The Morgan fingerprint density at radius 2 is 2.40 bits per heavy atom. The van der Waals surface area contributed by atoms with Crippen molar-refractivity contribution in [3.05, 3.63) is 0 Å². The zero-order valence-corrected chi connectivity index (χ0v) is 5.58. The third-order valence-electron chi connectivity index (χ3n) is 2.38. The minimum absolute atomic E-state index is 0.275. The molecular formula is C6H10N2O2. The number of hydrogen-bond acceptors (Lipinski definition) is 2. The van der Waals surface area contributed by atoms with Gasteiger partial charge in [0.2, 0.25) is 0 Å². The van der Waals surface area contributed by atoms with E-state index in [0.717, 1.165) is 19.6 Å². The van der Waals surface area contributed by atoms with Crippen LogP contribution in [0.1, 0.15) is 0 Å². The molecule has 0 saturated carbocycles. The van der Waals surface area contributed by atoms with E-state index in [1.807, 2.05) is 0 Å². The molecule has 56 valence electrons. The zero-order chi connectivity index (χ0) is 7.14. The quantitative estimate of drug-likeness (QED) is 0.482. The van der Waals surface area contributed by atoms with Gasteiger partial charge in [-0.05, 0) is 0 Å². The van der Waals surface area contributed by atoms with Crippen molar-refractivity contribution in [1.82, 2.24) is 10.2 Å². The second-order valence-electron chi connectivity index (χ2n) is 2.92. The van der Waals surface area contributed by atoms with Gasteiger partial charge in [-0.25, -0.2) is 4.79 Å². The SMILES string of the molecule is O=C(O)N1C[C@@H]2CNC[C@@H]21. The van der Waals surface area contributed by atoms with Gasteiger partial charge in [-0.15, -0.1) is 0 Å². The number of carboxylic acid groups (broad SMARTS) is 1. The molecule has 0 aromatic rings. The maximum Gasteiger partial charge on any atom is 0.407 e. The molecule has 2 heterocycles. The Bertz CT molecular complexity index is 171. The Hall–Kier alpha value is -0.770. The molecule has 0 aromatic carbocycles. The standard InChI is InChI=1S/C6H10N2O2/c9-6(10)8-3-4-1-7-2-5(4)8/h4-5,7H,1-3H2,(H,9,10)/t4-,5-/m0/s1. The van der Waals surface area contributed by atoms with E-state index in [2.05, 4.69) is 5.32 Å². The Morgan fingerprint density at radius 1 is 1.60 bits per heavy atom. The van der Waals surface area contributed by atoms with E-state index in [0.29, 0.717) is 5.92 Å². The number of nitrogens with one attached hydrogen (secondary N) is 1. The Balaban J connectivity index is 2.00. The van der Waals surface area contributed by atoms with Gasteiger partial charge < -0.3 is 15.3 Å². The first-order valence-corrected chi connectivity index (χ1v) is 3.49. The van der Waals surface area contributed by atoms with Crippen molar-refractivity contribution in [2.45, 2.75) is 6.04 Å². The monoisotopic (exact) mass is 142 g/mol. The van der Waals surface area contributed by atoms with E-state index >= 15 is 0 Å². The minimum atomic E-state index is -0.773. The van der Waals surface area contributed by atoms with Gasteiger partial charge in [-0.1, -0.05) is 0 Å². The number of fused-ring (bicyclic) bond motifs is 1. The van der Waals surface area contributed by atoms with Crippen molar-refractivity contribution in [2.75, 3.05) is 19.6 Å². The van der Waals surface area contributed by atoms with E-state index in [4.69, 9.17) is 5.11 Å². The summed E-state index contributed by atoms with van der Waals surface area (Å²) in [5, 5.41) is 11.7. The van der Waals surface area contributed by atoms with Gasteiger partial charge in [0, 0.05) is 25.6 Å². The van der Waals surface area contributed by atoms with Crippen LogP contribution in [0.5, 0.6) is 0 Å². The van der Waals surface area contributed by atoms with E-state index in [1.54, 1.807) is 0 Å². The summed E-state index contributed by atoms with van der Waals surface area (Å²) >= 11 is 0. The summed E-state index contributed by atoms with van der Waals surface area (Å²) in [6.07, 6.45) is -0.773. The van der Waals surface area contributed by atoms with Gasteiger partial charge in [0.25, 0.3) is 0 Å². The first-order chi connectivity index (χ1) is 4.79. The molecule has 10 heavy (non-hydrogen) atoms. The molecule has 2 aliphatic rings. The normalized spacial score (nSPS) is 37.0. The van der Waals surface area contributed by atoms with Crippen molar-refractivity contribution >= 4 is 6.09 Å². The second-order valence-corrected chi connectivity index (χ2v) is 2.92. The molecule has 0 aromatic heterocycles. The smallest absolute Gasteiger partial charge is 0.407 e. The summed E-state index contributed by atoms with van der Waals surface area (Å²) in [6.45, 7) is 2.57. The number of likely N-dealkylation sites (tertiary alicyclic amines) is 1. The molecule has 0 bridgehead atoms. The molecule has 0 spiro atoms. The first kappa shape index (κ1) is 5.97. The van der Waals surface area contributed by atoms with Gasteiger partial charge in [0.15, 0.2) is 0 Å².